The summed E-state index contributed by atoms with van der Waals surface area (Å²) in [6, 6.07) is 20.3. The van der Waals surface area contributed by atoms with E-state index in [1.54, 1.807) is 68.8 Å². The number of nitrogens with zero attached hydrogens (tertiary/aromatic N) is 1. The predicted molar refractivity (Wildman–Crippen MR) is 189 cm³/mol. The van der Waals surface area contributed by atoms with Crippen LogP contribution >= 0.6 is 22.9 Å². The Labute approximate surface area is 294 Å². The minimum absolute atomic E-state index is 0.146. The van der Waals surface area contributed by atoms with Gasteiger partial charge in [-0.2, -0.15) is 0 Å². The van der Waals surface area contributed by atoms with Crippen LogP contribution in [0.2, 0.25) is 5.02 Å². The van der Waals surface area contributed by atoms with Crippen molar-refractivity contribution in [3.63, 3.8) is 0 Å². The number of methoxy groups -OCH3 is 2. The third-order valence-corrected chi connectivity index (χ3v) is 9.70. The first-order valence-corrected chi connectivity index (χ1v) is 16.9. The molecule has 1 amide bonds. The molecule has 5 rings (SSSR count). The minimum atomic E-state index is -0.425. The van der Waals surface area contributed by atoms with Crippen LogP contribution in [0.4, 0.5) is 5.69 Å². The summed E-state index contributed by atoms with van der Waals surface area (Å²) in [5.41, 5.74) is 1.46. The molecule has 4 aromatic rings. The van der Waals surface area contributed by atoms with Crippen molar-refractivity contribution in [1.29, 1.82) is 0 Å². The highest BCUT2D eigenvalue weighted by molar-refractivity contribution is 7.14. The van der Waals surface area contributed by atoms with Gasteiger partial charge in [0, 0.05) is 29.2 Å². The van der Waals surface area contributed by atoms with E-state index in [1.165, 1.54) is 47.6 Å². The average Bonchev–Trinajstić information content (AvgIpc) is 3.56. The molecular formula is C38H36ClNO8S. The number of thiophene rings is 1. The maximum Gasteiger partial charge on any atom is 0.314 e. The van der Waals surface area contributed by atoms with E-state index < -0.39 is 23.8 Å². The van der Waals surface area contributed by atoms with Crippen molar-refractivity contribution in [1.82, 2.24) is 0 Å². The van der Waals surface area contributed by atoms with Gasteiger partial charge in [-0.05, 0) is 111 Å². The molecule has 0 bridgehead atoms. The molecule has 1 fully saturated rings. The molecule has 1 aliphatic carbocycles. The number of carbonyl (C=O) groups is 4. The topological polar surface area (TPSA) is 108 Å². The number of hydrogen-bond acceptors (Lipinski definition) is 9. The fraction of sp³-hybridized carbons (Fsp3) is 0.263. The highest BCUT2D eigenvalue weighted by atomic mass is 35.5. The number of rotatable bonds is 11. The second-order valence-electron chi connectivity index (χ2n) is 11.6. The molecule has 254 valence electrons. The normalized spacial score (nSPS) is 15.8. The molecule has 1 saturated carbocycles. The van der Waals surface area contributed by atoms with Gasteiger partial charge in [-0.15, -0.1) is 11.3 Å². The average molecular weight is 702 g/mol. The molecule has 49 heavy (non-hydrogen) atoms. The van der Waals surface area contributed by atoms with Crippen LogP contribution in [0.5, 0.6) is 23.0 Å². The van der Waals surface area contributed by atoms with Crippen LogP contribution in [-0.2, 0) is 9.59 Å². The number of ketones is 1. The first-order valence-electron chi connectivity index (χ1n) is 15.7. The zero-order chi connectivity index (χ0) is 35.1. The summed E-state index contributed by atoms with van der Waals surface area (Å²) in [6.07, 6.45) is 4.85. The number of anilines is 1. The number of esters is 2. The Balaban J connectivity index is 1.15. The second kappa shape index (κ2) is 16.0. The summed E-state index contributed by atoms with van der Waals surface area (Å²) < 4.78 is 21.9. The van der Waals surface area contributed by atoms with Gasteiger partial charge in [-0.25, -0.2) is 0 Å². The standard InChI is InChI=1S/C38H36ClNO8S/c1-23-5-20-35(49-23)33(41)18-10-26-21-29(46-4)16-19-34(26)48-38(44)25-8-6-24(7-9-25)37(43)47-30-15-17-31(32(39)22-30)36(42)40(2)27-11-13-28(45-3)14-12-27/h5,10-22,24-25H,6-9H2,1-4H3/b18-10+. The van der Waals surface area contributed by atoms with Crippen LogP contribution in [0.25, 0.3) is 6.08 Å². The number of amides is 1. The quantitative estimate of drug-likeness (QED) is 0.0666. The van der Waals surface area contributed by atoms with Crippen molar-refractivity contribution in [2.45, 2.75) is 32.6 Å². The lowest BCUT2D eigenvalue weighted by Gasteiger charge is -2.26. The van der Waals surface area contributed by atoms with Gasteiger partial charge in [0.25, 0.3) is 5.91 Å². The highest BCUT2D eigenvalue weighted by Crippen LogP contribution is 2.34. The molecule has 0 spiro atoms. The molecule has 11 heteroatoms. The van der Waals surface area contributed by atoms with Gasteiger partial charge in [-0.1, -0.05) is 11.6 Å². The first kappa shape index (κ1) is 35.4. The van der Waals surface area contributed by atoms with Crippen LogP contribution in [0.15, 0.2) is 78.9 Å². The lowest BCUT2D eigenvalue weighted by molar-refractivity contribution is -0.145. The Kier molecular flexibility index (Phi) is 11.5. The fourth-order valence-corrected chi connectivity index (χ4v) is 6.52. The van der Waals surface area contributed by atoms with Crippen molar-refractivity contribution in [2.75, 3.05) is 26.2 Å². The van der Waals surface area contributed by atoms with E-state index >= 15 is 0 Å². The van der Waals surface area contributed by atoms with Crippen LogP contribution in [0.3, 0.4) is 0 Å². The maximum atomic E-state index is 13.2. The summed E-state index contributed by atoms with van der Waals surface area (Å²) >= 11 is 7.86. The minimum Gasteiger partial charge on any atom is -0.497 e. The van der Waals surface area contributed by atoms with Crippen molar-refractivity contribution in [3.8, 4) is 23.0 Å². The molecule has 1 aliphatic rings. The summed E-state index contributed by atoms with van der Waals surface area (Å²) in [6.45, 7) is 1.94. The van der Waals surface area contributed by atoms with E-state index in [-0.39, 0.29) is 28.0 Å². The van der Waals surface area contributed by atoms with Crippen LogP contribution in [0.1, 0.15) is 56.2 Å². The van der Waals surface area contributed by atoms with Gasteiger partial charge in [0.1, 0.15) is 23.0 Å². The lowest BCUT2D eigenvalue weighted by Crippen LogP contribution is -2.30. The molecule has 0 atom stereocenters. The Morgan fingerprint density at radius 3 is 1.98 bits per heavy atom. The first-order chi connectivity index (χ1) is 23.6. The molecule has 0 saturated heterocycles. The zero-order valence-corrected chi connectivity index (χ0v) is 29.1. The number of halogens is 1. The van der Waals surface area contributed by atoms with Crippen LogP contribution in [-0.4, -0.2) is 44.9 Å². The summed E-state index contributed by atoms with van der Waals surface area (Å²) in [5.74, 6) is -0.331. The van der Waals surface area contributed by atoms with Gasteiger partial charge < -0.3 is 23.8 Å². The predicted octanol–water partition coefficient (Wildman–Crippen LogP) is 8.22. The number of hydrogen-bond donors (Lipinski definition) is 0. The van der Waals surface area contributed by atoms with E-state index in [2.05, 4.69) is 0 Å². The van der Waals surface area contributed by atoms with E-state index in [0.717, 1.165) is 4.88 Å². The van der Waals surface area contributed by atoms with Gasteiger partial charge in [0.15, 0.2) is 5.78 Å². The van der Waals surface area contributed by atoms with E-state index in [0.29, 0.717) is 59.1 Å². The third-order valence-electron chi connectivity index (χ3n) is 8.37. The van der Waals surface area contributed by atoms with E-state index in [4.69, 9.17) is 30.5 Å². The van der Waals surface area contributed by atoms with Crippen molar-refractivity contribution in [3.05, 3.63) is 105 Å². The van der Waals surface area contributed by atoms with Gasteiger partial charge in [0.2, 0.25) is 0 Å². The monoisotopic (exact) mass is 701 g/mol. The maximum absolute atomic E-state index is 13.2. The fourth-order valence-electron chi connectivity index (χ4n) is 5.48. The number of allylic oxidation sites excluding steroid dienone is 1. The van der Waals surface area contributed by atoms with Gasteiger partial charge >= 0.3 is 11.9 Å². The SMILES string of the molecule is COc1ccc(N(C)C(=O)c2ccc(OC(=O)C3CCC(C(=O)Oc4ccc(OC)cc4/C=C/C(=O)c4ccc(C)s4)CC3)cc2Cl)cc1. The van der Waals surface area contributed by atoms with Crippen molar-refractivity contribution >= 4 is 58.3 Å². The second-order valence-corrected chi connectivity index (χ2v) is 13.3. The molecule has 3 aromatic carbocycles. The Morgan fingerprint density at radius 2 is 1.39 bits per heavy atom. The smallest absolute Gasteiger partial charge is 0.314 e. The van der Waals surface area contributed by atoms with Crippen LogP contribution in [0, 0.1) is 18.8 Å². The highest BCUT2D eigenvalue weighted by Gasteiger charge is 2.32. The molecule has 0 N–H and O–H groups in total. The third kappa shape index (κ3) is 8.76. The number of carbonyl (C=O) groups excluding carboxylic acids is 4. The molecule has 0 aliphatic heterocycles. The molecule has 1 aromatic heterocycles. The molecular weight excluding hydrogens is 666 g/mol. The van der Waals surface area contributed by atoms with Crippen molar-refractivity contribution in [2.24, 2.45) is 11.8 Å². The number of aryl methyl sites for hydroxylation is 1. The molecule has 1 heterocycles. The molecule has 9 nitrogen and oxygen atoms in total. The van der Waals surface area contributed by atoms with Gasteiger partial charge in [-0.3, -0.25) is 19.2 Å². The Hall–Kier alpha value is -4.93. The van der Waals surface area contributed by atoms with E-state index in [1.807, 2.05) is 13.0 Å². The van der Waals surface area contributed by atoms with Crippen molar-refractivity contribution < 1.29 is 38.1 Å². The van der Waals surface area contributed by atoms with Crippen LogP contribution < -0.4 is 23.8 Å². The van der Waals surface area contributed by atoms with E-state index in [9.17, 15) is 19.2 Å². The lowest BCUT2D eigenvalue weighted by atomic mass is 9.82. The Bertz CT molecular complexity index is 1870. The molecule has 0 unspecified atom stereocenters. The summed E-state index contributed by atoms with van der Waals surface area (Å²) in [7, 11) is 4.75. The number of ether oxygens (including phenoxy) is 4. The zero-order valence-electron chi connectivity index (χ0n) is 27.6. The number of benzene rings is 3. The Morgan fingerprint density at radius 1 is 0.776 bits per heavy atom. The largest absolute Gasteiger partial charge is 0.497 e. The van der Waals surface area contributed by atoms with Gasteiger partial charge in [0.05, 0.1) is 41.5 Å². The molecule has 0 radical (unpaired) electrons. The summed E-state index contributed by atoms with van der Waals surface area (Å²) in [4.78, 5) is 55.1. The summed E-state index contributed by atoms with van der Waals surface area (Å²) in [5, 5.41) is 0.154.